The van der Waals surface area contributed by atoms with Crippen molar-refractivity contribution in [2.24, 2.45) is 5.73 Å². The van der Waals surface area contributed by atoms with Gasteiger partial charge in [-0.15, -0.1) is 0 Å². The van der Waals surface area contributed by atoms with Gasteiger partial charge in [0.05, 0.1) is 0 Å². The van der Waals surface area contributed by atoms with Crippen LogP contribution in [-0.4, -0.2) is 6.03 Å². The highest BCUT2D eigenvalue weighted by atomic mass is 16.5. The highest BCUT2D eigenvalue weighted by Crippen LogP contribution is 2.23. The lowest BCUT2D eigenvalue weighted by atomic mass is 10.3. The second-order valence-electron chi connectivity index (χ2n) is 3.68. The number of hydrogen-bond acceptors (Lipinski definition) is 3. The normalized spacial score (nSPS) is 9.78. The third kappa shape index (κ3) is 3.15. The van der Waals surface area contributed by atoms with E-state index in [0.29, 0.717) is 22.9 Å². The zero-order valence-electron chi connectivity index (χ0n) is 9.59. The fraction of sp³-hybridized carbons (Fsp3) is 0. The Morgan fingerprint density at radius 1 is 0.944 bits per heavy atom. The smallest absolute Gasteiger partial charge is 0.316 e. The third-order valence-corrected chi connectivity index (χ3v) is 2.24. The van der Waals surface area contributed by atoms with Gasteiger partial charge in [-0.3, -0.25) is 0 Å². The van der Waals surface area contributed by atoms with Crippen molar-refractivity contribution in [3.63, 3.8) is 0 Å². The molecule has 0 saturated heterocycles. The van der Waals surface area contributed by atoms with E-state index >= 15 is 0 Å². The first-order chi connectivity index (χ1) is 8.63. The molecule has 0 aliphatic carbocycles. The highest BCUT2D eigenvalue weighted by Gasteiger charge is 1.99. The fourth-order valence-electron chi connectivity index (χ4n) is 1.42. The van der Waals surface area contributed by atoms with Gasteiger partial charge in [-0.1, -0.05) is 0 Å². The van der Waals surface area contributed by atoms with Crippen LogP contribution in [0.1, 0.15) is 0 Å². The number of carbonyl (C=O) groups is 1. The lowest BCUT2D eigenvalue weighted by molar-refractivity contribution is 0.259. The van der Waals surface area contributed by atoms with Crippen LogP contribution in [0.25, 0.3) is 0 Å². The molecule has 0 aliphatic heterocycles. The Morgan fingerprint density at radius 3 is 1.94 bits per heavy atom. The Labute approximate surface area is 104 Å². The zero-order chi connectivity index (χ0) is 13.0. The number of rotatable bonds is 3. The summed E-state index contributed by atoms with van der Waals surface area (Å²) in [6.07, 6.45) is 0. The molecule has 2 aromatic rings. The molecule has 2 amide bonds. The van der Waals surface area contributed by atoms with Crippen LogP contribution in [0.4, 0.5) is 16.2 Å². The molecule has 0 bridgehead atoms. The quantitative estimate of drug-likeness (QED) is 0.723. The van der Waals surface area contributed by atoms with Gasteiger partial charge < -0.3 is 21.5 Å². The summed E-state index contributed by atoms with van der Waals surface area (Å²) in [5, 5.41) is 2.47. The number of hydrogen-bond donors (Lipinski definition) is 3. The third-order valence-electron chi connectivity index (χ3n) is 2.24. The van der Waals surface area contributed by atoms with E-state index in [-0.39, 0.29) is 0 Å². The van der Waals surface area contributed by atoms with Crippen molar-refractivity contribution in [3.8, 4) is 11.5 Å². The van der Waals surface area contributed by atoms with Gasteiger partial charge in [0.1, 0.15) is 11.5 Å². The average Bonchev–Trinajstić information content (AvgIpc) is 2.34. The Morgan fingerprint density at radius 2 is 1.44 bits per heavy atom. The van der Waals surface area contributed by atoms with E-state index in [9.17, 15) is 4.79 Å². The van der Waals surface area contributed by atoms with Gasteiger partial charge in [0, 0.05) is 11.4 Å². The molecule has 0 aliphatic rings. The summed E-state index contributed by atoms with van der Waals surface area (Å²) < 4.78 is 5.59. The number of benzene rings is 2. The van der Waals surface area contributed by atoms with Gasteiger partial charge in [-0.25, -0.2) is 4.79 Å². The summed E-state index contributed by atoms with van der Waals surface area (Å²) in [6, 6.07) is 13.4. The molecular weight excluding hydrogens is 230 g/mol. The number of urea groups is 1. The lowest BCUT2D eigenvalue weighted by Crippen LogP contribution is -2.19. The van der Waals surface area contributed by atoms with Gasteiger partial charge in [-0.05, 0) is 48.5 Å². The maximum absolute atomic E-state index is 10.6. The number of nitrogens with one attached hydrogen (secondary N) is 1. The summed E-state index contributed by atoms with van der Waals surface area (Å²) in [6.45, 7) is 0. The van der Waals surface area contributed by atoms with Gasteiger partial charge >= 0.3 is 6.03 Å². The minimum atomic E-state index is -0.595. The molecule has 2 rings (SSSR count). The van der Waals surface area contributed by atoms with Crippen LogP contribution in [0.15, 0.2) is 48.5 Å². The fourth-order valence-corrected chi connectivity index (χ4v) is 1.42. The van der Waals surface area contributed by atoms with Crippen molar-refractivity contribution in [2.45, 2.75) is 0 Å². The standard InChI is InChI=1S/C13H13N3O2/c14-9-1-5-11(6-2-9)18-12-7-3-10(4-8-12)16-13(15)17/h1-8H,14H2,(H3,15,16,17). The van der Waals surface area contributed by atoms with Crippen molar-refractivity contribution in [2.75, 3.05) is 11.1 Å². The van der Waals surface area contributed by atoms with Crippen molar-refractivity contribution < 1.29 is 9.53 Å². The molecule has 0 heterocycles. The predicted octanol–water partition coefficient (Wildman–Crippen LogP) is 2.55. The van der Waals surface area contributed by atoms with Crippen molar-refractivity contribution in [1.29, 1.82) is 0 Å². The van der Waals surface area contributed by atoms with Crippen molar-refractivity contribution >= 4 is 17.4 Å². The number of nitrogens with two attached hydrogens (primary N) is 2. The molecule has 92 valence electrons. The van der Waals surface area contributed by atoms with Crippen LogP contribution in [0, 0.1) is 0 Å². The summed E-state index contributed by atoms with van der Waals surface area (Å²) in [4.78, 5) is 10.6. The molecule has 0 spiro atoms. The Kier molecular flexibility index (Phi) is 3.33. The molecule has 5 nitrogen and oxygen atoms in total. The van der Waals surface area contributed by atoms with Gasteiger partial charge in [0.2, 0.25) is 0 Å². The number of anilines is 2. The first-order valence-electron chi connectivity index (χ1n) is 5.33. The highest BCUT2D eigenvalue weighted by molar-refractivity contribution is 5.87. The minimum absolute atomic E-state index is 0.595. The molecule has 0 atom stereocenters. The Bertz CT molecular complexity index is 535. The molecule has 5 heteroatoms. The van der Waals surface area contributed by atoms with E-state index < -0.39 is 6.03 Å². The largest absolute Gasteiger partial charge is 0.457 e. The summed E-state index contributed by atoms with van der Waals surface area (Å²) >= 11 is 0. The summed E-state index contributed by atoms with van der Waals surface area (Å²) in [5.41, 5.74) is 11.9. The molecule has 18 heavy (non-hydrogen) atoms. The second-order valence-corrected chi connectivity index (χ2v) is 3.68. The predicted molar refractivity (Wildman–Crippen MR) is 70.6 cm³/mol. The minimum Gasteiger partial charge on any atom is -0.457 e. The van der Waals surface area contributed by atoms with Crippen LogP contribution < -0.4 is 21.5 Å². The number of primary amides is 1. The lowest BCUT2D eigenvalue weighted by Gasteiger charge is -2.07. The van der Waals surface area contributed by atoms with E-state index in [4.69, 9.17) is 16.2 Å². The summed E-state index contributed by atoms with van der Waals surface area (Å²) in [5.74, 6) is 1.36. The van der Waals surface area contributed by atoms with Crippen LogP contribution in [0.2, 0.25) is 0 Å². The molecule has 0 unspecified atom stereocenters. The second kappa shape index (κ2) is 5.09. The topological polar surface area (TPSA) is 90.4 Å². The molecule has 0 radical (unpaired) electrons. The van der Waals surface area contributed by atoms with E-state index in [2.05, 4.69) is 5.32 Å². The maximum atomic E-state index is 10.6. The molecule has 5 N–H and O–H groups in total. The number of ether oxygens (including phenoxy) is 1. The zero-order valence-corrected chi connectivity index (χ0v) is 9.59. The molecule has 0 fully saturated rings. The first-order valence-corrected chi connectivity index (χ1v) is 5.33. The SMILES string of the molecule is NC(=O)Nc1ccc(Oc2ccc(N)cc2)cc1. The van der Waals surface area contributed by atoms with Crippen LogP contribution in [-0.2, 0) is 0 Å². The van der Waals surface area contributed by atoms with Gasteiger partial charge in [0.15, 0.2) is 0 Å². The average molecular weight is 243 g/mol. The number of nitrogen functional groups attached to an aromatic ring is 1. The van der Waals surface area contributed by atoms with E-state index in [0.717, 1.165) is 0 Å². The van der Waals surface area contributed by atoms with E-state index in [1.165, 1.54) is 0 Å². The van der Waals surface area contributed by atoms with Crippen molar-refractivity contribution in [3.05, 3.63) is 48.5 Å². The molecule has 0 saturated carbocycles. The van der Waals surface area contributed by atoms with Gasteiger partial charge in [-0.2, -0.15) is 0 Å². The van der Waals surface area contributed by atoms with Crippen LogP contribution in [0.3, 0.4) is 0 Å². The van der Waals surface area contributed by atoms with Crippen LogP contribution >= 0.6 is 0 Å². The Hall–Kier alpha value is -2.69. The first kappa shape index (κ1) is 11.8. The number of amides is 2. The Balaban J connectivity index is 2.06. The molecule has 2 aromatic carbocycles. The monoisotopic (exact) mass is 243 g/mol. The molecular formula is C13H13N3O2. The van der Waals surface area contributed by atoms with Crippen LogP contribution in [0.5, 0.6) is 11.5 Å². The maximum Gasteiger partial charge on any atom is 0.316 e. The summed E-state index contributed by atoms with van der Waals surface area (Å²) in [7, 11) is 0. The van der Waals surface area contributed by atoms with E-state index in [1.807, 2.05) is 0 Å². The molecule has 0 aromatic heterocycles. The van der Waals surface area contributed by atoms with Gasteiger partial charge in [0.25, 0.3) is 0 Å². The van der Waals surface area contributed by atoms with Crippen molar-refractivity contribution in [1.82, 2.24) is 0 Å². The van der Waals surface area contributed by atoms with E-state index in [1.54, 1.807) is 48.5 Å². The number of carbonyl (C=O) groups excluding carboxylic acids is 1.